The largest absolute Gasteiger partial charge is 0.365 e. The zero-order valence-electron chi connectivity index (χ0n) is 18.4. The lowest BCUT2D eigenvalue weighted by molar-refractivity contribution is 0.0728. The molecule has 5 heteroatoms. The summed E-state index contributed by atoms with van der Waals surface area (Å²) in [7, 11) is 0. The summed E-state index contributed by atoms with van der Waals surface area (Å²) in [4.78, 5) is 27.0. The number of hydrogen-bond donors (Lipinski definition) is 0. The molecule has 32 heavy (non-hydrogen) atoms. The molecule has 4 aromatic rings. The average molecular weight is 423 g/mol. The molecule has 1 aliphatic heterocycles. The average Bonchev–Trinajstić information content (AvgIpc) is 2.84. The van der Waals surface area contributed by atoms with Crippen molar-refractivity contribution in [2.75, 3.05) is 24.5 Å². The number of piperazine rings is 1. The fraction of sp³-hybridized carbons (Fsp3) is 0.222. The Hall–Kier alpha value is -3.73. The van der Waals surface area contributed by atoms with Gasteiger partial charge >= 0.3 is 0 Å². The number of hydrogen-bond acceptors (Lipinski definition) is 4. The van der Waals surface area contributed by atoms with E-state index in [0.29, 0.717) is 18.7 Å². The van der Waals surface area contributed by atoms with Crippen LogP contribution in [-0.2, 0) is 0 Å². The van der Waals surface area contributed by atoms with E-state index in [1.54, 1.807) is 12.4 Å². The fourth-order valence-corrected chi connectivity index (χ4v) is 4.46. The molecule has 0 spiro atoms. The van der Waals surface area contributed by atoms with Crippen LogP contribution in [0.1, 0.15) is 22.8 Å². The summed E-state index contributed by atoms with van der Waals surface area (Å²) in [6, 6.07) is 22.5. The molecular weight excluding hydrogens is 396 g/mol. The van der Waals surface area contributed by atoms with Crippen LogP contribution < -0.4 is 4.90 Å². The van der Waals surface area contributed by atoms with Gasteiger partial charge in [-0.3, -0.25) is 9.78 Å². The highest BCUT2D eigenvalue weighted by Crippen LogP contribution is 2.27. The number of anilines is 1. The first kappa shape index (κ1) is 20.2. The van der Waals surface area contributed by atoms with Crippen molar-refractivity contribution in [2.45, 2.75) is 19.9 Å². The van der Waals surface area contributed by atoms with Crippen molar-refractivity contribution in [2.24, 2.45) is 0 Å². The fourth-order valence-electron chi connectivity index (χ4n) is 4.46. The molecule has 1 unspecified atom stereocenters. The van der Waals surface area contributed by atoms with E-state index >= 15 is 0 Å². The van der Waals surface area contributed by atoms with E-state index in [0.717, 1.165) is 28.7 Å². The first-order valence-corrected chi connectivity index (χ1v) is 11.0. The highest BCUT2D eigenvalue weighted by Gasteiger charge is 2.28. The van der Waals surface area contributed by atoms with Crippen molar-refractivity contribution in [3.63, 3.8) is 0 Å². The minimum Gasteiger partial charge on any atom is -0.365 e. The molecule has 3 heterocycles. The second-order valence-electron chi connectivity index (χ2n) is 8.44. The molecule has 1 fully saturated rings. The van der Waals surface area contributed by atoms with E-state index in [-0.39, 0.29) is 11.9 Å². The molecule has 1 aliphatic rings. The normalized spacial score (nSPS) is 16.4. The zero-order valence-corrected chi connectivity index (χ0v) is 18.4. The Morgan fingerprint density at radius 1 is 0.969 bits per heavy atom. The summed E-state index contributed by atoms with van der Waals surface area (Å²) < 4.78 is 0. The molecule has 5 nitrogen and oxygen atoms in total. The monoisotopic (exact) mass is 422 g/mol. The summed E-state index contributed by atoms with van der Waals surface area (Å²) in [6.07, 6.45) is 3.50. The van der Waals surface area contributed by atoms with Crippen LogP contribution in [-0.4, -0.2) is 46.5 Å². The third kappa shape index (κ3) is 3.82. The minimum absolute atomic E-state index is 0.0642. The van der Waals surface area contributed by atoms with E-state index in [9.17, 15) is 4.79 Å². The van der Waals surface area contributed by atoms with Crippen LogP contribution in [0, 0.1) is 6.92 Å². The summed E-state index contributed by atoms with van der Waals surface area (Å²) in [5, 5.41) is 0.893. The van der Waals surface area contributed by atoms with E-state index in [2.05, 4.69) is 48.0 Å². The van der Waals surface area contributed by atoms with Gasteiger partial charge in [-0.05, 0) is 50.2 Å². The van der Waals surface area contributed by atoms with E-state index in [4.69, 9.17) is 4.98 Å². The zero-order chi connectivity index (χ0) is 22.1. The van der Waals surface area contributed by atoms with Gasteiger partial charge in [0, 0.05) is 54.7 Å². The minimum atomic E-state index is 0.0642. The standard InChI is InChI=1S/C27H26N4O/c1-19-7-9-22(10-8-19)31-16-15-30(18-20(31)2)27(32)24-17-26(21-11-13-28-14-12-21)29-25-6-4-3-5-23(24)25/h3-14,17,20H,15-16,18H2,1-2H3. The number of amides is 1. The van der Waals surface area contributed by atoms with Crippen molar-refractivity contribution < 1.29 is 4.79 Å². The van der Waals surface area contributed by atoms with Gasteiger partial charge in [-0.2, -0.15) is 0 Å². The van der Waals surface area contributed by atoms with Gasteiger partial charge in [0.1, 0.15) is 0 Å². The Kier molecular flexibility index (Phi) is 5.31. The molecule has 1 saturated heterocycles. The number of rotatable bonds is 3. The van der Waals surface area contributed by atoms with Gasteiger partial charge in [-0.1, -0.05) is 35.9 Å². The Morgan fingerprint density at radius 3 is 2.47 bits per heavy atom. The van der Waals surface area contributed by atoms with E-state index < -0.39 is 0 Å². The maximum absolute atomic E-state index is 13.7. The summed E-state index contributed by atoms with van der Waals surface area (Å²) in [6.45, 7) is 6.48. The smallest absolute Gasteiger partial charge is 0.254 e. The topological polar surface area (TPSA) is 49.3 Å². The number of aryl methyl sites for hydroxylation is 1. The molecular formula is C27H26N4O. The SMILES string of the molecule is Cc1ccc(N2CCN(C(=O)c3cc(-c4ccncc4)nc4ccccc34)CC2C)cc1. The molecule has 0 aliphatic carbocycles. The first-order valence-electron chi connectivity index (χ1n) is 11.0. The molecule has 1 atom stereocenters. The third-order valence-electron chi connectivity index (χ3n) is 6.20. The van der Waals surface area contributed by atoms with Crippen LogP contribution in [0.2, 0.25) is 0 Å². The van der Waals surface area contributed by atoms with Gasteiger partial charge in [0.25, 0.3) is 5.91 Å². The number of nitrogens with zero attached hydrogens (tertiary/aromatic N) is 4. The number of pyridine rings is 2. The lowest BCUT2D eigenvalue weighted by Crippen LogP contribution is -2.53. The van der Waals surface area contributed by atoms with Gasteiger partial charge in [0.15, 0.2) is 0 Å². The Morgan fingerprint density at radius 2 is 1.72 bits per heavy atom. The van der Waals surface area contributed by atoms with E-state index in [1.807, 2.05) is 47.4 Å². The van der Waals surface area contributed by atoms with Crippen LogP contribution in [0.3, 0.4) is 0 Å². The van der Waals surface area contributed by atoms with E-state index in [1.165, 1.54) is 11.3 Å². The van der Waals surface area contributed by atoms with Crippen LogP contribution in [0.5, 0.6) is 0 Å². The Labute approximate surface area is 188 Å². The molecule has 5 rings (SSSR count). The van der Waals surface area contributed by atoms with Gasteiger partial charge in [0.2, 0.25) is 0 Å². The number of carbonyl (C=O) groups excluding carboxylic acids is 1. The molecule has 1 amide bonds. The summed E-state index contributed by atoms with van der Waals surface area (Å²) >= 11 is 0. The number of benzene rings is 2. The second-order valence-corrected chi connectivity index (χ2v) is 8.44. The number of carbonyl (C=O) groups is 1. The molecule has 2 aromatic carbocycles. The second kappa shape index (κ2) is 8.42. The highest BCUT2D eigenvalue weighted by atomic mass is 16.2. The lowest BCUT2D eigenvalue weighted by Gasteiger charge is -2.41. The summed E-state index contributed by atoms with van der Waals surface area (Å²) in [5.74, 6) is 0.0642. The summed E-state index contributed by atoms with van der Waals surface area (Å²) in [5.41, 5.74) is 5.75. The maximum Gasteiger partial charge on any atom is 0.254 e. The molecule has 0 saturated carbocycles. The van der Waals surface area contributed by atoms with Crippen molar-refractivity contribution in [3.8, 4) is 11.3 Å². The quantitative estimate of drug-likeness (QED) is 0.468. The molecule has 0 radical (unpaired) electrons. The maximum atomic E-state index is 13.7. The molecule has 2 aromatic heterocycles. The van der Waals surface area contributed by atoms with Crippen molar-refractivity contribution in [1.82, 2.24) is 14.9 Å². The predicted octanol–water partition coefficient (Wildman–Crippen LogP) is 4.96. The van der Waals surface area contributed by atoms with Crippen LogP contribution in [0.25, 0.3) is 22.2 Å². The highest BCUT2D eigenvalue weighted by molar-refractivity contribution is 6.07. The Bertz CT molecular complexity index is 1250. The Balaban J connectivity index is 1.45. The van der Waals surface area contributed by atoms with Crippen molar-refractivity contribution >= 4 is 22.5 Å². The number of aromatic nitrogens is 2. The number of para-hydroxylation sites is 1. The van der Waals surface area contributed by atoms with Crippen LogP contribution >= 0.6 is 0 Å². The molecule has 0 bridgehead atoms. The number of fused-ring (bicyclic) bond motifs is 1. The van der Waals surface area contributed by atoms with Gasteiger partial charge in [-0.25, -0.2) is 4.98 Å². The molecule has 0 N–H and O–H groups in total. The van der Waals surface area contributed by atoms with Gasteiger partial charge in [-0.15, -0.1) is 0 Å². The van der Waals surface area contributed by atoms with Gasteiger partial charge in [0.05, 0.1) is 16.8 Å². The molecule has 160 valence electrons. The lowest BCUT2D eigenvalue weighted by atomic mass is 10.0. The van der Waals surface area contributed by atoms with Crippen LogP contribution in [0.4, 0.5) is 5.69 Å². The van der Waals surface area contributed by atoms with Crippen molar-refractivity contribution in [3.05, 3.63) is 90.3 Å². The first-order chi connectivity index (χ1) is 15.6. The third-order valence-corrected chi connectivity index (χ3v) is 6.20. The predicted molar refractivity (Wildman–Crippen MR) is 129 cm³/mol. The van der Waals surface area contributed by atoms with Crippen molar-refractivity contribution in [1.29, 1.82) is 0 Å². The van der Waals surface area contributed by atoms with Gasteiger partial charge < -0.3 is 9.80 Å². The van der Waals surface area contributed by atoms with Crippen LogP contribution in [0.15, 0.2) is 79.1 Å².